The van der Waals surface area contributed by atoms with Crippen molar-refractivity contribution in [2.45, 2.75) is 32.7 Å². The normalized spacial score (nSPS) is 10.9. The number of carbonyl (C=O) groups is 1. The molecule has 0 saturated heterocycles. The molecule has 1 aromatic heterocycles. The molecule has 0 saturated carbocycles. The zero-order valence-electron chi connectivity index (χ0n) is 15.0. The van der Waals surface area contributed by atoms with Gasteiger partial charge in [0, 0.05) is 19.4 Å². The van der Waals surface area contributed by atoms with Gasteiger partial charge in [-0.15, -0.1) is 11.3 Å². The van der Waals surface area contributed by atoms with Gasteiger partial charge in [0.2, 0.25) is 5.88 Å². The third-order valence-corrected chi connectivity index (χ3v) is 5.88. The fraction of sp³-hybridized carbons (Fsp3) is 0.238. The number of hydrogen-bond donors (Lipinski definition) is 2. The largest absolute Gasteiger partial charge is 0.494 e. The summed E-state index contributed by atoms with van der Waals surface area (Å²) in [5.41, 5.74) is 4.60. The van der Waals surface area contributed by atoms with Crippen molar-refractivity contribution in [3.05, 3.63) is 68.5 Å². The molecule has 1 heterocycles. The van der Waals surface area contributed by atoms with E-state index in [0.717, 1.165) is 21.6 Å². The van der Waals surface area contributed by atoms with Crippen LogP contribution < -0.4 is 0 Å². The Balaban J connectivity index is 1.87. The van der Waals surface area contributed by atoms with Gasteiger partial charge in [-0.25, -0.2) is 0 Å². The zero-order valence-corrected chi connectivity index (χ0v) is 16.6. The predicted molar refractivity (Wildman–Crippen MR) is 111 cm³/mol. The Kier molecular flexibility index (Phi) is 6.08. The Morgan fingerprint density at radius 1 is 1.15 bits per heavy atom. The minimum atomic E-state index is -0.844. The number of aromatic hydroxyl groups is 1. The molecule has 0 aliphatic heterocycles. The van der Waals surface area contributed by atoms with E-state index in [1.54, 1.807) is 4.57 Å². The van der Waals surface area contributed by atoms with Gasteiger partial charge in [-0.3, -0.25) is 9.36 Å². The first-order chi connectivity index (χ1) is 13.0. The second kappa shape index (κ2) is 8.50. The summed E-state index contributed by atoms with van der Waals surface area (Å²) >= 11 is 6.75. The molecule has 0 aliphatic rings. The minimum Gasteiger partial charge on any atom is -0.494 e. The average Bonchev–Trinajstić information content (AvgIpc) is 2.90. The van der Waals surface area contributed by atoms with Gasteiger partial charge in [-0.05, 0) is 42.3 Å². The van der Waals surface area contributed by atoms with Crippen molar-refractivity contribution in [3.8, 4) is 17.0 Å². The summed E-state index contributed by atoms with van der Waals surface area (Å²) in [5, 5.41) is 19.4. The van der Waals surface area contributed by atoms with Crippen LogP contribution in [0.1, 0.15) is 28.8 Å². The van der Waals surface area contributed by atoms with Crippen molar-refractivity contribution in [1.29, 1.82) is 0 Å². The van der Waals surface area contributed by atoms with E-state index in [9.17, 15) is 9.90 Å². The quantitative estimate of drug-likeness (QED) is 0.521. The molecule has 140 valence electrons. The van der Waals surface area contributed by atoms with E-state index >= 15 is 0 Å². The van der Waals surface area contributed by atoms with Gasteiger partial charge >= 0.3 is 5.97 Å². The number of aryl methyl sites for hydroxylation is 1. The van der Waals surface area contributed by atoms with Crippen LogP contribution in [0.25, 0.3) is 11.1 Å². The summed E-state index contributed by atoms with van der Waals surface area (Å²) in [6.45, 7) is 2.47. The predicted octanol–water partition coefficient (Wildman–Crippen LogP) is 5.42. The smallest absolute Gasteiger partial charge is 0.303 e. The molecule has 0 spiro atoms. The van der Waals surface area contributed by atoms with Gasteiger partial charge in [0.05, 0.1) is 4.88 Å². The van der Waals surface area contributed by atoms with Crippen molar-refractivity contribution >= 4 is 29.5 Å². The molecule has 6 heteroatoms. The van der Waals surface area contributed by atoms with Gasteiger partial charge in [0.25, 0.3) is 0 Å². The highest BCUT2D eigenvalue weighted by Crippen LogP contribution is 2.32. The molecule has 4 nitrogen and oxygen atoms in total. The molecule has 0 amide bonds. The Bertz CT molecular complexity index is 1000. The second-order valence-corrected chi connectivity index (χ2v) is 8.19. The summed E-state index contributed by atoms with van der Waals surface area (Å²) in [6.07, 6.45) is 1.08. The second-order valence-electron chi connectivity index (χ2n) is 6.46. The Morgan fingerprint density at radius 2 is 1.85 bits per heavy atom. The van der Waals surface area contributed by atoms with E-state index in [2.05, 4.69) is 43.3 Å². The van der Waals surface area contributed by atoms with Crippen molar-refractivity contribution in [3.63, 3.8) is 0 Å². The zero-order chi connectivity index (χ0) is 19.4. The highest BCUT2D eigenvalue weighted by Gasteiger charge is 2.15. The van der Waals surface area contributed by atoms with Crippen molar-refractivity contribution < 1.29 is 15.0 Å². The standard InChI is InChI=1S/C21H21NO3S2/c1-14-8-10-15(11-9-14)17-6-3-2-5-16(17)13-18-20(25)22(21(26)27-18)12-4-7-19(23)24/h2-3,5-6,8-11,25H,4,7,12-13H2,1H3,(H,23,24). The van der Waals surface area contributed by atoms with Crippen molar-refractivity contribution in [2.75, 3.05) is 0 Å². The number of thiazole rings is 1. The number of rotatable bonds is 7. The van der Waals surface area contributed by atoms with E-state index in [1.165, 1.54) is 16.9 Å². The lowest BCUT2D eigenvalue weighted by Gasteiger charge is -2.10. The fourth-order valence-corrected chi connectivity index (χ4v) is 4.41. The van der Waals surface area contributed by atoms with Crippen LogP contribution in [0.3, 0.4) is 0 Å². The van der Waals surface area contributed by atoms with Crippen LogP contribution in [-0.4, -0.2) is 20.7 Å². The van der Waals surface area contributed by atoms with E-state index in [-0.39, 0.29) is 12.3 Å². The van der Waals surface area contributed by atoms with E-state index in [4.69, 9.17) is 17.3 Å². The maximum absolute atomic E-state index is 10.7. The molecular formula is C21H21NO3S2. The van der Waals surface area contributed by atoms with Crippen LogP contribution >= 0.6 is 23.6 Å². The SMILES string of the molecule is Cc1ccc(-c2ccccc2Cc2sc(=S)n(CCCC(=O)O)c2O)cc1. The third-order valence-electron chi connectivity index (χ3n) is 4.44. The van der Waals surface area contributed by atoms with Crippen LogP contribution in [0.15, 0.2) is 48.5 Å². The summed E-state index contributed by atoms with van der Waals surface area (Å²) < 4.78 is 2.20. The van der Waals surface area contributed by atoms with Crippen LogP contribution in [0.5, 0.6) is 5.88 Å². The molecule has 0 fully saturated rings. The average molecular weight is 400 g/mol. The summed E-state index contributed by atoms with van der Waals surface area (Å²) in [7, 11) is 0. The lowest BCUT2D eigenvalue weighted by molar-refractivity contribution is -0.137. The highest BCUT2D eigenvalue weighted by molar-refractivity contribution is 7.73. The summed E-state index contributed by atoms with van der Waals surface area (Å²) in [4.78, 5) is 11.5. The maximum atomic E-state index is 10.7. The number of hydrogen-bond acceptors (Lipinski definition) is 4. The number of aliphatic carboxylic acids is 1. The number of benzene rings is 2. The van der Waals surface area contributed by atoms with Gasteiger partial charge in [-0.2, -0.15) is 0 Å². The first-order valence-corrected chi connectivity index (χ1v) is 9.96. The number of aromatic nitrogens is 1. The molecule has 0 bridgehead atoms. The van der Waals surface area contributed by atoms with Crippen LogP contribution in [-0.2, 0) is 17.8 Å². The summed E-state index contributed by atoms with van der Waals surface area (Å²) in [6, 6.07) is 16.5. The Hall–Kier alpha value is -2.44. The summed E-state index contributed by atoms with van der Waals surface area (Å²) in [5.74, 6) is -0.697. The Labute approximate surface area is 167 Å². The van der Waals surface area contributed by atoms with E-state index < -0.39 is 5.97 Å². The third kappa shape index (κ3) is 4.64. The molecule has 0 atom stereocenters. The molecule has 0 aliphatic carbocycles. The van der Waals surface area contributed by atoms with Gasteiger partial charge in [-0.1, -0.05) is 54.1 Å². The van der Waals surface area contributed by atoms with Gasteiger partial charge in [0.1, 0.15) is 0 Å². The number of carboxylic acid groups (broad SMARTS) is 1. The maximum Gasteiger partial charge on any atom is 0.303 e. The molecule has 2 N–H and O–H groups in total. The topological polar surface area (TPSA) is 62.5 Å². The fourth-order valence-electron chi connectivity index (χ4n) is 3.01. The van der Waals surface area contributed by atoms with Gasteiger partial charge in [0.15, 0.2) is 3.95 Å². The van der Waals surface area contributed by atoms with Crippen LogP contribution in [0.4, 0.5) is 0 Å². The Morgan fingerprint density at radius 3 is 2.56 bits per heavy atom. The molecule has 2 aromatic carbocycles. The monoisotopic (exact) mass is 399 g/mol. The highest BCUT2D eigenvalue weighted by atomic mass is 32.1. The molecule has 27 heavy (non-hydrogen) atoms. The molecular weight excluding hydrogens is 378 g/mol. The van der Waals surface area contributed by atoms with Crippen LogP contribution in [0.2, 0.25) is 0 Å². The minimum absolute atomic E-state index is 0.0582. The molecule has 0 radical (unpaired) electrons. The number of nitrogens with zero attached hydrogens (tertiary/aromatic N) is 1. The van der Waals surface area contributed by atoms with Crippen molar-refractivity contribution in [1.82, 2.24) is 4.57 Å². The van der Waals surface area contributed by atoms with Crippen molar-refractivity contribution in [2.24, 2.45) is 0 Å². The van der Waals surface area contributed by atoms with Gasteiger partial charge < -0.3 is 10.2 Å². The molecule has 0 unspecified atom stereocenters. The van der Waals surface area contributed by atoms with E-state index in [0.29, 0.717) is 23.3 Å². The lowest BCUT2D eigenvalue weighted by Crippen LogP contribution is -2.02. The first-order valence-electron chi connectivity index (χ1n) is 8.74. The first kappa shape index (κ1) is 19.3. The molecule has 3 rings (SSSR count). The van der Waals surface area contributed by atoms with Crippen LogP contribution in [0, 0.1) is 10.9 Å². The lowest BCUT2D eigenvalue weighted by atomic mass is 9.96. The van der Waals surface area contributed by atoms with E-state index in [1.807, 2.05) is 12.1 Å². The molecule has 3 aromatic rings. The number of carboxylic acids is 1.